The Labute approximate surface area is 105 Å². The number of aromatic nitrogens is 2. The van der Waals surface area contributed by atoms with Crippen molar-refractivity contribution in [3.8, 4) is 0 Å². The third-order valence-corrected chi connectivity index (χ3v) is 2.47. The van der Waals surface area contributed by atoms with Crippen LogP contribution in [0.4, 0.5) is 5.82 Å². The molecule has 0 aliphatic carbocycles. The van der Waals surface area contributed by atoms with E-state index in [0.29, 0.717) is 18.8 Å². The van der Waals surface area contributed by atoms with Gasteiger partial charge in [-0.1, -0.05) is 0 Å². The molecule has 2 heterocycles. The van der Waals surface area contributed by atoms with Gasteiger partial charge in [0.25, 0.3) is 0 Å². The monoisotopic (exact) mass is 257 g/mol. The van der Waals surface area contributed by atoms with Crippen LogP contribution < -0.4 is 5.73 Å². The lowest BCUT2D eigenvalue weighted by molar-refractivity contribution is -0.147. The average Bonchev–Trinajstić information content (AvgIpc) is 2.33. The molecule has 1 aliphatic heterocycles. The van der Waals surface area contributed by atoms with Crippen molar-refractivity contribution < 1.29 is 20.1 Å². The zero-order chi connectivity index (χ0) is 13.5. The molecular weight excluding hydrogens is 238 g/mol. The van der Waals surface area contributed by atoms with Gasteiger partial charge < -0.3 is 25.8 Å². The molecule has 0 saturated carbocycles. The number of hydrogen-bond donors (Lipinski definition) is 4. The minimum Gasteiger partial charge on any atom is -0.394 e. The molecule has 0 spiro atoms. The Hall–Kier alpha value is -1.28. The average molecular weight is 257 g/mol. The van der Waals surface area contributed by atoms with E-state index >= 15 is 0 Å². The molecule has 3 unspecified atom stereocenters. The predicted octanol–water partition coefficient (Wildman–Crippen LogP) is -1.14. The molecule has 102 valence electrons. The number of aliphatic hydroxyl groups is 3. The topological polar surface area (TPSA) is 122 Å². The highest BCUT2D eigenvalue weighted by molar-refractivity contribution is 5.23. The number of ether oxygens (including phenoxy) is 1. The van der Waals surface area contributed by atoms with Crippen molar-refractivity contribution in [2.75, 3.05) is 18.9 Å². The molecule has 1 aromatic heterocycles. The summed E-state index contributed by atoms with van der Waals surface area (Å²) in [6.07, 6.45) is 1.34. The fourth-order valence-electron chi connectivity index (χ4n) is 1.50. The molecule has 0 radical (unpaired) electrons. The van der Waals surface area contributed by atoms with E-state index in [1.54, 1.807) is 6.20 Å². The number of aryl methyl sites for hydroxylation is 1. The third kappa shape index (κ3) is 4.53. The van der Waals surface area contributed by atoms with Gasteiger partial charge in [-0.25, -0.2) is 4.98 Å². The molecule has 0 amide bonds. The van der Waals surface area contributed by atoms with E-state index in [4.69, 9.17) is 25.8 Å². The number of nitrogens with two attached hydrogens (primary N) is 1. The van der Waals surface area contributed by atoms with E-state index in [1.807, 2.05) is 6.92 Å². The lowest BCUT2D eigenvalue weighted by Crippen LogP contribution is -2.46. The van der Waals surface area contributed by atoms with Crippen LogP contribution in [0.5, 0.6) is 0 Å². The van der Waals surface area contributed by atoms with Crippen LogP contribution in [0.25, 0.3) is 0 Å². The number of aliphatic hydroxyl groups excluding tert-OH is 3. The van der Waals surface area contributed by atoms with Gasteiger partial charge in [-0.2, -0.15) is 0 Å². The minimum atomic E-state index is -0.932. The SMILES string of the molecule is Cc1cncc(N)n1.OCC1OCCC(O)C1O. The lowest BCUT2D eigenvalue weighted by Gasteiger charge is -2.30. The molecule has 18 heavy (non-hydrogen) atoms. The summed E-state index contributed by atoms with van der Waals surface area (Å²) in [6.45, 7) is 2.02. The number of rotatable bonds is 1. The van der Waals surface area contributed by atoms with Crippen molar-refractivity contribution in [3.63, 3.8) is 0 Å². The minimum absolute atomic E-state index is 0.238. The molecule has 7 nitrogen and oxygen atoms in total. The molecule has 1 fully saturated rings. The second-order valence-electron chi connectivity index (χ2n) is 4.02. The summed E-state index contributed by atoms with van der Waals surface area (Å²) >= 11 is 0. The largest absolute Gasteiger partial charge is 0.394 e. The van der Waals surface area contributed by atoms with Crippen molar-refractivity contribution >= 4 is 5.82 Å². The van der Waals surface area contributed by atoms with Crippen LogP contribution in [0.15, 0.2) is 12.4 Å². The summed E-state index contributed by atoms with van der Waals surface area (Å²) in [4.78, 5) is 7.69. The fraction of sp³-hybridized carbons (Fsp3) is 0.636. The van der Waals surface area contributed by atoms with Crippen molar-refractivity contribution in [3.05, 3.63) is 18.1 Å². The van der Waals surface area contributed by atoms with Gasteiger partial charge in [0.2, 0.25) is 0 Å². The van der Waals surface area contributed by atoms with Gasteiger partial charge in [0.05, 0.1) is 24.6 Å². The van der Waals surface area contributed by atoms with Crippen molar-refractivity contribution in [1.29, 1.82) is 0 Å². The number of anilines is 1. The lowest BCUT2D eigenvalue weighted by atomic mass is 10.0. The van der Waals surface area contributed by atoms with E-state index in [-0.39, 0.29) is 6.61 Å². The van der Waals surface area contributed by atoms with Crippen molar-refractivity contribution in [1.82, 2.24) is 9.97 Å². The molecule has 1 aliphatic rings. The highest BCUT2D eigenvalue weighted by Gasteiger charge is 2.30. The second kappa shape index (κ2) is 7.22. The quantitative estimate of drug-likeness (QED) is 0.501. The van der Waals surface area contributed by atoms with Crippen LogP contribution >= 0.6 is 0 Å². The zero-order valence-electron chi connectivity index (χ0n) is 10.2. The van der Waals surface area contributed by atoms with Gasteiger partial charge in [0.1, 0.15) is 18.0 Å². The van der Waals surface area contributed by atoms with Crippen LogP contribution in [-0.2, 0) is 4.74 Å². The molecule has 3 atom stereocenters. The van der Waals surface area contributed by atoms with E-state index in [1.165, 1.54) is 6.20 Å². The molecule has 1 saturated heterocycles. The molecular formula is C11H19N3O4. The summed E-state index contributed by atoms with van der Waals surface area (Å²) in [5.74, 6) is 0.477. The van der Waals surface area contributed by atoms with E-state index in [2.05, 4.69) is 9.97 Å². The summed E-state index contributed by atoms with van der Waals surface area (Å²) in [5.41, 5.74) is 6.14. The molecule has 0 aromatic carbocycles. The predicted molar refractivity (Wildman–Crippen MR) is 64.6 cm³/mol. The van der Waals surface area contributed by atoms with Gasteiger partial charge in [0.15, 0.2) is 0 Å². The first-order valence-electron chi connectivity index (χ1n) is 5.67. The van der Waals surface area contributed by atoms with E-state index in [0.717, 1.165) is 5.69 Å². The maximum atomic E-state index is 9.10. The van der Waals surface area contributed by atoms with E-state index in [9.17, 15) is 0 Å². The highest BCUT2D eigenvalue weighted by atomic mass is 16.5. The fourth-order valence-corrected chi connectivity index (χ4v) is 1.50. The van der Waals surface area contributed by atoms with Crippen LogP contribution in [0.3, 0.4) is 0 Å². The smallest absolute Gasteiger partial charge is 0.142 e. The maximum absolute atomic E-state index is 9.10. The number of nitrogens with zero attached hydrogens (tertiary/aromatic N) is 2. The summed E-state index contributed by atoms with van der Waals surface area (Å²) < 4.78 is 4.95. The van der Waals surface area contributed by atoms with E-state index < -0.39 is 18.3 Å². The van der Waals surface area contributed by atoms with Crippen LogP contribution in [-0.4, -0.2) is 56.8 Å². The molecule has 2 rings (SSSR count). The Morgan fingerprint density at radius 2 is 2.17 bits per heavy atom. The van der Waals surface area contributed by atoms with Gasteiger partial charge in [-0.3, -0.25) is 4.98 Å². The van der Waals surface area contributed by atoms with Crippen LogP contribution in [0, 0.1) is 6.92 Å². The maximum Gasteiger partial charge on any atom is 0.142 e. The standard InChI is InChI=1S/C6H12O4.C5H7N3/c7-3-5-6(9)4(8)1-2-10-5;1-4-2-7-3-5(6)8-4/h4-9H,1-3H2;2-3H,1H3,(H2,6,8). The van der Waals surface area contributed by atoms with Gasteiger partial charge in [-0.15, -0.1) is 0 Å². The molecule has 7 heteroatoms. The van der Waals surface area contributed by atoms with Gasteiger partial charge in [-0.05, 0) is 13.3 Å². The first-order valence-corrected chi connectivity index (χ1v) is 5.67. The second-order valence-corrected chi connectivity index (χ2v) is 4.02. The van der Waals surface area contributed by atoms with Crippen LogP contribution in [0.1, 0.15) is 12.1 Å². The normalized spacial score (nSPS) is 27.2. The molecule has 1 aromatic rings. The third-order valence-electron chi connectivity index (χ3n) is 2.47. The molecule has 0 bridgehead atoms. The Bertz CT molecular complexity index is 347. The van der Waals surface area contributed by atoms with Crippen molar-refractivity contribution in [2.45, 2.75) is 31.7 Å². The Balaban J connectivity index is 0.000000184. The first-order chi connectivity index (χ1) is 8.54. The summed E-state index contributed by atoms with van der Waals surface area (Å²) in [7, 11) is 0. The summed E-state index contributed by atoms with van der Waals surface area (Å²) in [5, 5.41) is 26.7. The number of hydrogen-bond acceptors (Lipinski definition) is 7. The Kier molecular flexibility index (Phi) is 5.93. The van der Waals surface area contributed by atoms with Crippen LogP contribution in [0.2, 0.25) is 0 Å². The zero-order valence-corrected chi connectivity index (χ0v) is 10.2. The summed E-state index contributed by atoms with van der Waals surface area (Å²) in [6, 6.07) is 0. The first kappa shape index (κ1) is 14.8. The Morgan fingerprint density at radius 3 is 2.61 bits per heavy atom. The van der Waals surface area contributed by atoms with Crippen molar-refractivity contribution in [2.24, 2.45) is 0 Å². The van der Waals surface area contributed by atoms with Gasteiger partial charge in [0, 0.05) is 12.8 Å². The highest BCUT2D eigenvalue weighted by Crippen LogP contribution is 2.13. The Morgan fingerprint density at radius 1 is 1.44 bits per heavy atom. The van der Waals surface area contributed by atoms with Gasteiger partial charge >= 0.3 is 0 Å². The number of nitrogen functional groups attached to an aromatic ring is 1. The molecule has 5 N–H and O–H groups in total.